The van der Waals surface area contributed by atoms with E-state index in [4.69, 9.17) is 0 Å². The van der Waals surface area contributed by atoms with Crippen LogP contribution >= 0.6 is 15.9 Å². The van der Waals surface area contributed by atoms with Crippen LogP contribution in [0.3, 0.4) is 0 Å². The van der Waals surface area contributed by atoms with Crippen LogP contribution in [0.25, 0.3) is 0 Å². The highest BCUT2D eigenvalue weighted by Gasteiger charge is 2.12. The molecular weight excluding hydrogens is 274 g/mol. The Morgan fingerprint density at radius 1 is 1.18 bits per heavy atom. The van der Waals surface area contributed by atoms with E-state index in [2.05, 4.69) is 61.2 Å². The Kier molecular flexibility index (Phi) is 6.21. The Morgan fingerprint density at radius 3 is 2.47 bits per heavy atom. The molecule has 0 heterocycles. The van der Waals surface area contributed by atoms with Gasteiger partial charge in [0.2, 0.25) is 0 Å². The average Bonchev–Trinajstić information content (AvgIpc) is 2.30. The highest BCUT2D eigenvalue weighted by molar-refractivity contribution is 9.10. The van der Waals surface area contributed by atoms with Gasteiger partial charge in [0, 0.05) is 10.5 Å². The van der Waals surface area contributed by atoms with Gasteiger partial charge in [-0.3, -0.25) is 0 Å². The Morgan fingerprint density at radius 2 is 1.88 bits per heavy atom. The SMILES string of the molecule is CCCCCC(NC)c1cc(C)c(Br)cc1C. The molecule has 2 heteroatoms. The second-order valence-corrected chi connectivity index (χ2v) is 5.65. The molecular formula is C15H24BrN. The van der Waals surface area contributed by atoms with Crippen molar-refractivity contribution in [2.24, 2.45) is 0 Å². The Balaban J connectivity index is 2.84. The molecule has 0 aliphatic carbocycles. The van der Waals surface area contributed by atoms with Crippen molar-refractivity contribution >= 4 is 15.9 Å². The third-order valence-corrected chi connectivity index (χ3v) is 4.22. The number of benzene rings is 1. The molecule has 1 atom stereocenters. The lowest BCUT2D eigenvalue weighted by Crippen LogP contribution is -2.17. The van der Waals surface area contributed by atoms with Gasteiger partial charge in [-0.25, -0.2) is 0 Å². The van der Waals surface area contributed by atoms with Gasteiger partial charge in [0.1, 0.15) is 0 Å². The van der Waals surface area contributed by atoms with Crippen LogP contribution in [0, 0.1) is 13.8 Å². The largest absolute Gasteiger partial charge is 0.313 e. The summed E-state index contributed by atoms with van der Waals surface area (Å²) in [7, 11) is 2.06. The van der Waals surface area contributed by atoms with Crippen molar-refractivity contribution in [3.05, 3.63) is 33.3 Å². The molecule has 96 valence electrons. The standard InChI is InChI=1S/C15H24BrN/c1-5-6-7-8-15(17-4)13-9-12(3)14(16)10-11(13)2/h9-10,15,17H,5-8H2,1-4H3. The Hall–Kier alpha value is -0.340. The van der Waals surface area contributed by atoms with E-state index >= 15 is 0 Å². The van der Waals surface area contributed by atoms with Crippen molar-refractivity contribution in [2.75, 3.05) is 7.05 Å². The van der Waals surface area contributed by atoms with Crippen LogP contribution in [0.5, 0.6) is 0 Å². The molecule has 0 amide bonds. The lowest BCUT2D eigenvalue weighted by Gasteiger charge is -2.20. The number of unbranched alkanes of at least 4 members (excludes halogenated alkanes) is 2. The first-order chi connectivity index (χ1) is 8.10. The molecule has 1 aromatic carbocycles. The van der Waals surface area contributed by atoms with Crippen LogP contribution in [0.2, 0.25) is 0 Å². The van der Waals surface area contributed by atoms with Gasteiger partial charge in [-0.05, 0) is 50.1 Å². The lowest BCUT2D eigenvalue weighted by molar-refractivity contribution is 0.510. The topological polar surface area (TPSA) is 12.0 Å². The molecule has 1 rings (SSSR count). The fourth-order valence-corrected chi connectivity index (χ4v) is 2.69. The maximum absolute atomic E-state index is 3.59. The van der Waals surface area contributed by atoms with Gasteiger partial charge in [-0.15, -0.1) is 0 Å². The summed E-state index contributed by atoms with van der Waals surface area (Å²) in [6.45, 7) is 6.61. The maximum atomic E-state index is 3.59. The molecule has 0 spiro atoms. The third kappa shape index (κ3) is 4.11. The summed E-state index contributed by atoms with van der Waals surface area (Å²) in [6, 6.07) is 5.04. The summed E-state index contributed by atoms with van der Waals surface area (Å²) in [5.74, 6) is 0. The van der Waals surface area contributed by atoms with E-state index in [0.717, 1.165) is 0 Å². The number of rotatable bonds is 6. The lowest BCUT2D eigenvalue weighted by atomic mass is 9.95. The maximum Gasteiger partial charge on any atom is 0.0320 e. The molecule has 0 radical (unpaired) electrons. The second-order valence-electron chi connectivity index (χ2n) is 4.80. The van der Waals surface area contributed by atoms with Crippen LogP contribution in [-0.4, -0.2) is 7.05 Å². The molecule has 1 N–H and O–H groups in total. The monoisotopic (exact) mass is 297 g/mol. The van der Waals surface area contributed by atoms with E-state index in [9.17, 15) is 0 Å². The molecule has 0 aliphatic rings. The molecule has 1 aromatic rings. The van der Waals surface area contributed by atoms with Gasteiger partial charge in [0.25, 0.3) is 0 Å². The van der Waals surface area contributed by atoms with Crippen molar-refractivity contribution in [1.29, 1.82) is 0 Å². The summed E-state index contributed by atoms with van der Waals surface area (Å²) in [4.78, 5) is 0. The van der Waals surface area contributed by atoms with E-state index in [0.29, 0.717) is 6.04 Å². The molecule has 0 aliphatic heterocycles. The van der Waals surface area contributed by atoms with Crippen LogP contribution in [0.15, 0.2) is 16.6 Å². The minimum Gasteiger partial charge on any atom is -0.313 e. The fourth-order valence-electron chi connectivity index (χ4n) is 2.23. The first-order valence-electron chi connectivity index (χ1n) is 6.54. The molecule has 1 unspecified atom stereocenters. The van der Waals surface area contributed by atoms with Crippen molar-refractivity contribution in [3.8, 4) is 0 Å². The predicted octanol–water partition coefficient (Wildman–Crippen LogP) is 4.91. The van der Waals surface area contributed by atoms with Crippen molar-refractivity contribution in [3.63, 3.8) is 0 Å². The van der Waals surface area contributed by atoms with Gasteiger partial charge in [0.15, 0.2) is 0 Å². The quantitative estimate of drug-likeness (QED) is 0.736. The normalized spacial score (nSPS) is 12.8. The van der Waals surface area contributed by atoms with E-state index < -0.39 is 0 Å². The van der Waals surface area contributed by atoms with Gasteiger partial charge in [-0.2, -0.15) is 0 Å². The minimum atomic E-state index is 0.494. The highest BCUT2D eigenvalue weighted by atomic mass is 79.9. The zero-order chi connectivity index (χ0) is 12.8. The first kappa shape index (κ1) is 14.7. The number of hydrogen-bond acceptors (Lipinski definition) is 1. The van der Waals surface area contributed by atoms with E-state index in [-0.39, 0.29) is 0 Å². The molecule has 0 aromatic heterocycles. The minimum absolute atomic E-state index is 0.494. The van der Waals surface area contributed by atoms with Crippen LogP contribution in [0.4, 0.5) is 0 Å². The number of halogens is 1. The summed E-state index contributed by atoms with van der Waals surface area (Å²) in [5, 5.41) is 3.45. The van der Waals surface area contributed by atoms with Crippen molar-refractivity contribution < 1.29 is 0 Å². The van der Waals surface area contributed by atoms with E-state index in [1.807, 2.05) is 0 Å². The van der Waals surface area contributed by atoms with Crippen molar-refractivity contribution in [2.45, 2.75) is 52.5 Å². The fraction of sp³-hybridized carbons (Fsp3) is 0.600. The zero-order valence-corrected chi connectivity index (χ0v) is 13.0. The second kappa shape index (κ2) is 7.17. The van der Waals surface area contributed by atoms with Crippen molar-refractivity contribution in [1.82, 2.24) is 5.32 Å². The Bertz CT molecular complexity index is 360. The van der Waals surface area contributed by atoms with E-state index in [1.54, 1.807) is 0 Å². The molecule has 17 heavy (non-hydrogen) atoms. The summed E-state index contributed by atoms with van der Waals surface area (Å²) in [5.41, 5.74) is 4.14. The molecule has 0 saturated heterocycles. The summed E-state index contributed by atoms with van der Waals surface area (Å²) in [6.07, 6.45) is 5.14. The number of aryl methyl sites for hydroxylation is 2. The van der Waals surface area contributed by atoms with Gasteiger partial charge in [-0.1, -0.05) is 48.2 Å². The van der Waals surface area contributed by atoms with E-state index in [1.165, 1.54) is 46.8 Å². The van der Waals surface area contributed by atoms with Crippen LogP contribution in [-0.2, 0) is 0 Å². The van der Waals surface area contributed by atoms with Crippen LogP contribution < -0.4 is 5.32 Å². The molecule has 1 nitrogen and oxygen atoms in total. The van der Waals surface area contributed by atoms with Gasteiger partial charge in [0.05, 0.1) is 0 Å². The number of hydrogen-bond donors (Lipinski definition) is 1. The third-order valence-electron chi connectivity index (χ3n) is 3.37. The predicted molar refractivity (Wildman–Crippen MR) is 79.6 cm³/mol. The number of nitrogens with one attached hydrogen (secondary N) is 1. The van der Waals surface area contributed by atoms with Gasteiger partial charge < -0.3 is 5.32 Å². The van der Waals surface area contributed by atoms with Gasteiger partial charge >= 0.3 is 0 Å². The average molecular weight is 298 g/mol. The summed E-state index contributed by atoms with van der Waals surface area (Å²) >= 11 is 3.59. The highest BCUT2D eigenvalue weighted by Crippen LogP contribution is 2.28. The summed E-state index contributed by atoms with van der Waals surface area (Å²) < 4.78 is 1.21. The molecule has 0 fully saturated rings. The zero-order valence-electron chi connectivity index (χ0n) is 11.4. The smallest absolute Gasteiger partial charge is 0.0320 e. The molecule has 0 saturated carbocycles. The Labute approximate surface area is 114 Å². The molecule has 0 bridgehead atoms. The van der Waals surface area contributed by atoms with Crippen LogP contribution in [0.1, 0.15) is 55.3 Å². The first-order valence-corrected chi connectivity index (χ1v) is 7.33.